The highest BCUT2D eigenvalue weighted by Crippen LogP contribution is 2.24. The lowest BCUT2D eigenvalue weighted by molar-refractivity contribution is -0.384. The molecule has 0 aliphatic carbocycles. The Morgan fingerprint density at radius 3 is 3.10 bits per heavy atom. The minimum Gasteiger partial charge on any atom is -0.423 e. The molecule has 1 aromatic heterocycles. The Labute approximate surface area is 121 Å². The van der Waals surface area contributed by atoms with Crippen molar-refractivity contribution in [3.05, 3.63) is 28.3 Å². The maximum atomic E-state index is 10.7. The van der Waals surface area contributed by atoms with Crippen LogP contribution in [0, 0.1) is 10.1 Å². The molecule has 1 saturated heterocycles. The molecule has 112 valence electrons. The van der Waals surface area contributed by atoms with E-state index in [4.69, 9.17) is 9.15 Å². The molecule has 0 saturated carbocycles. The fraction of sp³-hybridized carbons (Fsp3) is 0.500. The number of nitro groups is 1. The summed E-state index contributed by atoms with van der Waals surface area (Å²) < 4.78 is 11.1. The van der Waals surface area contributed by atoms with Crippen LogP contribution in [0.3, 0.4) is 0 Å². The van der Waals surface area contributed by atoms with Crippen LogP contribution in [-0.4, -0.2) is 29.2 Å². The monoisotopic (exact) mass is 291 g/mol. The molecule has 0 bridgehead atoms. The second kappa shape index (κ2) is 6.09. The molecule has 0 amide bonds. The zero-order valence-corrected chi connectivity index (χ0v) is 11.6. The summed E-state index contributed by atoms with van der Waals surface area (Å²) in [7, 11) is 0. The summed E-state index contributed by atoms with van der Waals surface area (Å²) in [6.45, 7) is 1.55. The molecule has 1 N–H and O–H groups in total. The van der Waals surface area contributed by atoms with Crippen LogP contribution < -0.4 is 5.32 Å². The Morgan fingerprint density at radius 2 is 2.33 bits per heavy atom. The number of anilines is 1. The van der Waals surface area contributed by atoms with Crippen molar-refractivity contribution in [2.75, 3.05) is 18.5 Å². The molecule has 1 aromatic carbocycles. The Balaban J connectivity index is 1.60. The summed E-state index contributed by atoms with van der Waals surface area (Å²) in [5.74, 6) is 0. The molecular formula is C14H17N3O4. The van der Waals surface area contributed by atoms with E-state index >= 15 is 0 Å². The summed E-state index contributed by atoms with van der Waals surface area (Å²) >= 11 is 0. The molecule has 21 heavy (non-hydrogen) atoms. The largest absolute Gasteiger partial charge is 0.423 e. The van der Waals surface area contributed by atoms with Crippen LogP contribution in [0.5, 0.6) is 0 Å². The van der Waals surface area contributed by atoms with E-state index in [-0.39, 0.29) is 5.69 Å². The molecule has 2 heterocycles. The molecule has 1 atom stereocenters. The third-order valence-electron chi connectivity index (χ3n) is 3.60. The maximum absolute atomic E-state index is 10.7. The number of rotatable bonds is 5. The van der Waals surface area contributed by atoms with E-state index in [0.717, 1.165) is 25.9 Å². The number of hydrogen-bond donors (Lipinski definition) is 1. The van der Waals surface area contributed by atoms with E-state index in [1.807, 2.05) is 0 Å². The summed E-state index contributed by atoms with van der Waals surface area (Å²) in [6.07, 6.45) is 4.67. The second-order valence-corrected chi connectivity index (χ2v) is 5.13. The van der Waals surface area contributed by atoms with Gasteiger partial charge >= 0.3 is 0 Å². The maximum Gasteiger partial charge on any atom is 0.295 e. The smallest absolute Gasteiger partial charge is 0.295 e. The zero-order chi connectivity index (χ0) is 14.7. The van der Waals surface area contributed by atoms with Crippen LogP contribution in [-0.2, 0) is 4.74 Å². The van der Waals surface area contributed by atoms with Crippen molar-refractivity contribution in [1.82, 2.24) is 4.98 Å². The Bertz CT molecular complexity index is 634. The molecule has 1 aliphatic heterocycles. The van der Waals surface area contributed by atoms with Gasteiger partial charge in [-0.3, -0.25) is 10.1 Å². The van der Waals surface area contributed by atoms with Gasteiger partial charge in [-0.2, -0.15) is 4.98 Å². The first-order valence-electron chi connectivity index (χ1n) is 7.13. The van der Waals surface area contributed by atoms with Crippen molar-refractivity contribution in [2.24, 2.45) is 0 Å². The van der Waals surface area contributed by atoms with Gasteiger partial charge in [0.05, 0.1) is 17.1 Å². The molecule has 3 rings (SSSR count). The van der Waals surface area contributed by atoms with E-state index in [2.05, 4.69) is 10.3 Å². The standard InChI is InChI=1S/C14H17N3O4/c18-17(19)10-4-5-12-13(9-10)21-14(16-12)15-7-6-11-3-1-2-8-20-11/h4-5,9,11H,1-3,6-8H2,(H,15,16). The van der Waals surface area contributed by atoms with Gasteiger partial charge in [-0.25, -0.2) is 0 Å². The van der Waals surface area contributed by atoms with Crippen molar-refractivity contribution in [3.8, 4) is 0 Å². The highest BCUT2D eigenvalue weighted by Gasteiger charge is 2.14. The SMILES string of the molecule is O=[N+]([O-])c1ccc2nc(NCCC3CCCCO3)oc2c1. The van der Waals surface area contributed by atoms with Crippen LogP contribution in [0.4, 0.5) is 11.7 Å². The van der Waals surface area contributed by atoms with E-state index in [0.29, 0.717) is 29.8 Å². The number of nitrogens with zero attached hydrogens (tertiary/aromatic N) is 2. The summed E-state index contributed by atoms with van der Waals surface area (Å²) in [4.78, 5) is 14.5. The van der Waals surface area contributed by atoms with Crippen molar-refractivity contribution in [3.63, 3.8) is 0 Å². The summed E-state index contributed by atoms with van der Waals surface area (Å²) in [5, 5.41) is 13.8. The lowest BCUT2D eigenvalue weighted by Gasteiger charge is -2.22. The van der Waals surface area contributed by atoms with Gasteiger partial charge in [0.1, 0.15) is 5.52 Å². The van der Waals surface area contributed by atoms with Crippen LogP contribution in [0.15, 0.2) is 22.6 Å². The average molecular weight is 291 g/mol. The van der Waals surface area contributed by atoms with Crippen LogP contribution in [0.2, 0.25) is 0 Å². The minimum atomic E-state index is -0.449. The van der Waals surface area contributed by atoms with Gasteiger partial charge in [-0.1, -0.05) is 0 Å². The molecule has 1 aliphatic rings. The van der Waals surface area contributed by atoms with Crippen LogP contribution in [0.25, 0.3) is 11.1 Å². The topological polar surface area (TPSA) is 90.4 Å². The van der Waals surface area contributed by atoms with E-state index in [9.17, 15) is 10.1 Å². The van der Waals surface area contributed by atoms with Crippen LogP contribution >= 0.6 is 0 Å². The van der Waals surface area contributed by atoms with Gasteiger partial charge in [0.25, 0.3) is 11.7 Å². The number of nitro benzene ring substituents is 1. The minimum absolute atomic E-state index is 0.000746. The van der Waals surface area contributed by atoms with Crippen molar-refractivity contribution in [1.29, 1.82) is 0 Å². The van der Waals surface area contributed by atoms with Gasteiger partial charge in [-0.15, -0.1) is 0 Å². The van der Waals surface area contributed by atoms with Gasteiger partial charge in [0.15, 0.2) is 5.58 Å². The van der Waals surface area contributed by atoms with Crippen LogP contribution in [0.1, 0.15) is 25.7 Å². The summed E-state index contributed by atoms with van der Waals surface area (Å²) in [6, 6.07) is 4.79. The molecular weight excluding hydrogens is 274 g/mol. The molecule has 0 radical (unpaired) electrons. The number of nitrogens with one attached hydrogen (secondary N) is 1. The lowest BCUT2D eigenvalue weighted by Crippen LogP contribution is -2.22. The number of benzene rings is 1. The number of ether oxygens (including phenoxy) is 1. The molecule has 7 heteroatoms. The molecule has 1 unspecified atom stereocenters. The van der Waals surface area contributed by atoms with Gasteiger partial charge < -0.3 is 14.5 Å². The number of aromatic nitrogens is 1. The lowest BCUT2D eigenvalue weighted by atomic mass is 10.1. The normalized spacial score (nSPS) is 18.8. The number of non-ortho nitro benzene ring substituents is 1. The number of hydrogen-bond acceptors (Lipinski definition) is 6. The molecule has 7 nitrogen and oxygen atoms in total. The van der Waals surface area contributed by atoms with Crippen molar-refractivity contribution in [2.45, 2.75) is 31.8 Å². The first kappa shape index (κ1) is 13.8. The molecule has 2 aromatic rings. The predicted octanol–water partition coefficient (Wildman–Crippen LogP) is 3.11. The number of fused-ring (bicyclic) bond motifs is 1. The highest BCUT2D eigenvalue weighted by atomic mass is 16.6. The average Bonchev–Trinajstić information content (AvgIpc) is 2.90. The van der Waals surface area contributed by atoms with Gasteiger partial charge in [0, 0.05) is 19.2 Å². The Hall–Kier alpha value is -2.15. The third kappa shape index (κ3) is 3.30. The van der Waals surface area contributed by atoms with Crippen molar-refractivity contribution < 1.29 is 14.1 Å². The second-order valence-electron chi connectivity index (χ2n) is 5.13. The fourth-order valence-corrected chi connectivity index (χ4v) is 2.48. The third-order valence-corrected chi connectivity index (χ3v) is 3.60. The predicted molar refractivity (Wildman–Crippen MR) is 77.4 cm³/mol. The van der Waals surface area contributed by atoms with Gasteiger partial charge in [0.2, 0.25) is 0 Å². The zero-order valence-electron chi connectivity index (χ0n) is 11.6. The van der Waals surface area contributed by atoms with Gasteiger partial charge in [-0.05, 0) is 31.7 Å². The van der Waals surface area contributed by atoms with Crippen molar-refractivity contribution >= 4 is 22.8 Å². The number of oxazole rings is 1. The quantitative estimate of drug-likeness (QED) is 0.672. The fourth-order valence-electron chi connectivity index (χ4n) is 2.48. The Morgan fingerprint density at radius 1 is 1.43 bits per heavy atom. The molecule has 0 spiro atoms. The molecule has 1 fully saturated rings. The van der Waals surface area contributed by atoms with E-state index in [1.165, 1.54) is 18.6 Å². The Kier molecular flexibility index (Phi) is 4.01. The first-order chi connectivity index (χ1) is 10.2. The first-order valence-corrected chi connectivity index (χ1v) is 7.13. The van der Waals surface area contributed by atoms with E-state index < -0.39 is 4.92 Å². The van der Waals surface area contributed by atoms with E-state index in [1.54, 1.807) is 6.07 Å². The highest BCUT2D eigenvalue weighted by molar-refractivity contribution is 5.77. The summed E-state index contributed by atoms with van der Waals surface area (Å²) in [5.41, 5.74) is 1.03.